The lowest BCUT2D eigenvalue weighted by atomic mass is 10.0. The summed E-state index contributed by atoms with van der Waals surface area (Å²) < 4.78 is 11.8. The highest BCUT2D eigenvalue weighted by Gasteiger charge is 2.19. The van der Waals surface area contributed by atoms with Crippen LogP contribution in [0.25, 0.3) is 0 Å². The van der Waals surface area contributed by atoms with E-state index in [1.807, 2.05) is 12.1 Å². The highest BCUT2D eigenvalue weighted by Crippen LogP contribution is 2.29. The Morgan fingerprint density at radius 3 is 3.07 bits per heavy atom. The number of nitrogens with two attached hydrogens (primary N) is 1. The van der Waals surface area contributed by atoms with E-state index in [1.54, 1.807) is 6.07 Å². The third kappa shape index (κ3) is 1.85. The third-order valence-electron chi connectivity index (χ3n) is 2.46. The van der Waals surface area contributed by atoms with Crippen LogP contribution in [-0.2, 0) is 10.8 Å². The fourth-order valence-electron chi connectivity index (χ4n) is 1.72. The van der Waals surface area contributed by atoms with E-state index in [2.05, 4.69) is 0 Å². The van der Waals surface area contributed by atoms with Crippen molar-refractivity contribution in [1.29, 1.82) is 0 Å². The second-order valence-corrected chi connectivity index (χ2v) is 5.46. The molecule has 1 aliphatic rings. The first kappa shape index (κ1) is 10.1. The molecule has 0 saturated heterocycles. The van der Waals surface area contributed by atoms with Gasteiger partial charge in [0.1, 0.15) is 0 Å². The van der Waals surface area contributed by atoms with Gasteiger partial charge < -0.3 is 5.73 Å². The molecule has 0 amide bonds. The van der Waals surface area contributed by atoms with Gasteiger partial charge in [-0.25, -0.2) is 0 Å². The molecule has 1 heterocycles. The fraction of sp³-hybridized carbons (Fsp3) is 0.400. The predicted octanol–water partition coefficient (Wildman–Crippen LogP) is 2.24. The molecule has 2 atom stereocenters. The molecule has 0 fully saturated rings. The van der Waals surface area contributed by atoms with Gasteiger partial charge in [-0.2, -0.15) is 0 Å². The van der Waals surface area contributed by atoms with Gasteiger partial charge in [0.05, 0.1) is 10.8 Å². The average molecular weight is 230 g/mol. The average Bonchev–Trinajstić information content (AvgIpc) is 2.28. The van der Waals surface area contributed by atoms with Gasteiger partial charge in [-0.15, -0.1) is 0 Å². The van der Waals surface area contributed by atoms with Gasteiger partial charge in [-0.05, 0) is 36.6 Å². The number of fused-ring (bicyclic) bond motifs is 1. The van der Waals surface area contributed by atoms with Crippen LogP contribution in [0.3, 0.4) is 0 Å². The molecule has 14 heavy (non-hydrogen) atoms. The maximum absolute atomic E-state index is 11.8. The second-order valence-electron chi connectivity index (χ2n) is 3.48. The Labute approximate surface area is 90.9 Å². The highest BCUT2D eigenvalue weighted by atomic mass is 35.5. The van der Waals surface area contributed by atoms with E-state index in [-0.39, 0.29) is 6.04 Å². The normalized spacial score (nSPS) is 26.7. The van der Waals surface area contributed by atoms with Gasteiger partial charge in [0.15, 0.2) is 0 Å². The molecule has 76 valence electrons. The summed E-state index contributed by atoms with van der Waals surface area (Å²) in [6.45, 7) is 0. The van der Waals surface area contributed by atoms with Gasteiger partial charge >= 0.3 is 0 Å². The van der Waals surface area contributed by atoms with E-state index in [4.69, 9.17) is 17.3 Å². The fourth-order valence-corrected chi connectivity index (χ4v) is 3.24. The lowest BCUT2D eigenvalue weighted by Gasteiger charge is -2.11. The molecule has 2 nitrogen and oxygen atoms in total. The molecule has 0 spiro atoms. The zero-order valence-corrected chi connectivity index (χ0v) is 9.27. The molecule has 4 heteroatoms. The summed E-state index contributed by atoms with van der Waals surface area (Å²) in [6.07, 6.45) is 1.80. The Hall–Kier alpha value is -0.380. The van der Waals surface area contributed by atoms with E-state index in [0.717, 1.165) is 23.3 Å². The van der Waals surface area contributed by atoms with E-state index in [0.29, 0.717) is 10.8 Å². The first-order chi connectivity index (χ1) is 6.68. The van der Waals surface area contributed by atoms with Crippen LogP contribution in [0.5, 0.6) is 0 Å². The Bertz CT molecular complexity index is 380. The maximum atomic E-state index is 11.8. The van der Waals surface area contributed by atoms with Crippen LogP contribution >= 0.6 is 11.6 Å². The van der Waals surface area contributed by atoms with Gasteiger partial charge in [0, 0.05) is 21.7 Å². The van der Waals surface area contributed by atoms with Crippen molar-refractivity contribution < 1.29 is 4.21 Å². The topological polar surface area (TPSA) is 43.1 Å². The minimum Gasteiger partial charge on any atom is -0.324 e. The molecular weight excluding hydrogens is 218 g/mol. The zero-order valence-electron chi connectivity index (χ0n) is 7.70. The second kappa shape index (κ2) is 4.01. The number of rotatable bonds is 0. The summed E-state index contributed by atoms with van der Waals surface area (Å²) in [6, 6.07) is 5.43. The highest BCUT2D eigenvalue weighted by molar-refractivity contribution is 7.85. The Kier molecular flexibility index (Phi) is 2.91. The van der Waals surface area contributed by atoms with Crippen molar-refractivity contribution in [3.63, 3.8) is 0 Å². The minimum absolute atomic E-state index is 0.0184. The van der Waals surface area contributed by atoms with E-state index >= 15 is 0 Å². The quantitative estimate of drug-likeness (QED) is 0.742. The monoisotopic (exact) mass is 229 g/mol. The lowest BCUT2D eigenvalue weighted by Crippen LogP contribution is -2.10. The molecule has 0 bridgehead atoms. The van der Waals surface area contributed by atoms with Crippen molar-refractivity contribution in [1.82, 2.24) is 0 Å². The summed E-state index contributed by atoms with van der Waals surface area (Å²) in [5, 5.41) is 0.665. The molecular formula is C10H12ClNOS. The number of benzene rings is 1. The van der Waals surface area contributed by atoms with Crippen molar-refractivity contribution in [2.24, 2.45) is 5.73 Å². The van der Waals surface area contributed by atoms with Crippen LogP contribution in [0.2, 0.25) is 5.02 Å². The number of halogens is 1. The van der Waals surface area contributed by atoms with Gasteiger partial charge in [0.25, 0.3) is 0 Å². The standard InChI is InChI=1S/C10H12ClNOS/c11-7-3-4-10-8(6-7)9(12)2-1-5-14(10)13/h3-4,6,9H,1-2,5,12H2. The summed E-state index contributed by atoms with van der Waals surface area (Å²) >= 11 is 5.89. The van der Waals surface area contributed by atoms with E-state index in [9.17, 15) is 4.21 Å². The molecule has 0 aliphatic carbocycles. The number of hydrogen-bond acceptors (Lipinski definition) is 2. The Morgan fingerprint density at radius 2 is 2.29 bits per heavy atom. The predicted molar refractivity (Wildman–Crippen MR) is 58.9 cm³/mol. The largest absolute Gasteiger partial charge is 0.324 e. The first-order valence-corrected chi connectivity index (χ1v) is 6.31. The SMILES string of the molecule is NC1CCCS(=O)c2ccc(Cl)cc21. The molecule has 2 rings (SSSR count). The summed E-state index contributed by atoms with van der Waals surface area (Å²) in [7, 11) is -0.900. The van der Waals surface area contributed by atoms with Gasteiger partial charge in [-0.3, -0.25) is 4.21 Å². The van der Waals surface area contributed by atoms with E-state index in [1.165, 1.54) is 0 Å². The summed E-state index contributed by atoms with van der Waals surface area (Å²) in [5.41, 5.74) is 6.94. The minimum atomic E-state index is -0.900. The zero-order chi connectivity index (χ0) is 10.1. The number of hydrogen-bond donors (Lipinski definition) is 1. The lowest BCUT2D eigenvalue weighted by molar-refractivity contribution is 0.639. The van der Waals surface area contributed by atoms with Crippen LogP contribution in [0.4, 0.5) is 0 Å². The molecule has 2 unspecified atom stereocenters. The van der Waals surface area contributed by atoms with E-state index < -0.39 is 10.8 Å². The van der Waals surface area contributed by atoms with Crippen molar-refractivity contribution in [2.45, 2.75) is 23.8 Å². The Balaban J connectivity index is 2.54. The molecule has 0 radical (unpaired) electrons. The molecule has 0 saturated carbocycles. The summed E-state index contributed by atoms with van der Waals surface area (Å²) in [5.74, 6) is 0.711. The maximum Gasteiger partial charge on any atom is 0.0532 e. The molecule has 1 aromatic carbocycles. The van der Waals surface area contributed by atoms with Crippen molar-refractivity contribution in [2.75, 3.05) is 5.75 Å². The van der Waals surface area contributed by atoms with Gasteiger partial charge in [0.2, 0.25) is 0 Å². The molecule has 1 aromatic rings. The van der Waals surface area contributed by atoms with Crippen LogP contribution in [0.1, 0.15) is 24.4 Å². The smallest absolute Gasteiger partial charge is 0.0532 e. The summed E-state index contributed by atoms with van der Waals surface area (Å²) in [4.78, 5) is 0.861. The van der Waals surface area contributed by atoms with Crippen molar-refractivity contribution in [3.05, 3.63) is 28.8 Å². The van der Waals surface area contributed by atoms with Crippen LogP contribution in [0, 0.1) is 0 Å². The van der Waals surface area contributed by atoms with Crippen LogP contribution < -0.4 is 5.73 Å². The van der Waals surface area contributed by atoms with Crippen molar-refractivity contribution in [3.8, 4) is 0 Å². The van der Waals surface area contributed by atoms with Gasteiger partial charge in [-0.1, -0.05) is 11.6 Å². The Morgan fingerprint density at radius 1 is 1.50 bits per heavy atom. The third-order valence-corrected chi connectivity index (χ3v) is 4.22. The first-order valence-electron chi connectivity index (χ1n) is 4.62. The van der Waals surface area contributed by atoms with Crippen LogP contribution in [0.15, 0.2) is 23.1 Å². The molecule has 0 aromatic heterocycles. The van der Waals surface area contributed by atoms with Crippen LogP contribution in [-0.4, -0.2) is 9.96 Å². The van der Waals surface area contributed by atoms with Crippen molar-refractivity contribution >= 4 is 22.4 Å². The molecule has 1 aliphatic heterocycles. The molecule has 2 N–H and O–H groups in total.